The van der Waals surface area contributed by atoms with Gasteiger partial charge < -0.3 is 20.9 Å². The Hall–Kier alpha value is -3.35. The molecule has 7 nitrogen and oxygen atoms in total. The van der Waals surface area contributed by atoms with E-state index in [0.29, 0.717) is 24.2 Å². The van der Waals surface area contributed by atoms with Crippen LogP contribution in [0.25, 0.3) is 11.0 Å². The molecule has 28 heavy (non-hydrogen) atoms. The Balaban J connectivity index is 1.42. The summed E-state index contributed by atoms with van der Waals surface area (Å²) in [6.45, 7) is 6.80. The highest BCUT2D eigenvalue weighted by molar-refractivity contribution is 5.79. The van der Waals surface area contributed by atoms with E-state index in [2.05, 4.69) is 61.5 Å². The Labute approximate surface area is 164 Å². The molecule has 2 heterocycles. The highest BCUT2D eigenvalue weighted by atomic mass is 15.1. The second-order valence-electron chi connectivity index (χ2n) is 7.04. The minimum Gasteiger partial charge on any atom is -0.391 e. The van der Waals surface area contributed by atoms with Crippen LogP contribution in [0.15, 0.2) is 54.8 Å². The summed E-state index contributed by atoms with van der Waals surface area (Å²) in [5.41, 5.74) is 6.38. The lowest BCUT2D eigenvalue weighted by atomic mass is 10.1. The van der Waals surface area contributed by atoms with Crippen molar-refractivity contribution in [1.82, 2.24) is 25.3 Å². The van der Waals surface area contributed by atoms with Crippen molar-refractivity contribution in [3.05, 3.63) is 65.9 Å². The van der Waals surface area contributed by atoms with Crippen LogP contribution in [-0.4, -0.2) is 27.0 Å². The third-order valence-corrected chi connectivity index (χ3v) is 4.97. The van der Waals surface area contributed by atoms with Crippen LogP contribution in [0.5, 0.6) is 0 Å². The summed E-state index contributed by atoms with van der Waals surface area (Å²) in [5.74, 6) is 1.92. The normalized spacial score (nSPS) is 14.1. The number of allylic oxidation sites excluding steroid dienone is 2. The molecule has 0 unspecified atom stereocenters. The second kappa shape index (κ2) is 7.72. The minimum atomic E-state index is 0.569. The molecule has 0 saturated heterocycles. The Bertz CT molecular complexity index is 1030. The molecular weight excluding hydrogens is 350 g/mol. The topological polar surface area (TPSA) is 90.6 Å². The van der Waals surface area contributed by atoms with E-state index in [9.17, 15) is 0 Å². The molecule has 4 N–H and O–H groups in total. The van der Waals surface area contributed by atoms with Gasteiger partial charge in [0.15, 0.2) is 0 Å². The molecule has 4 rings (SSSR count). The van der Waals surface area contributed by atoms with E-state index in [1.807, 2.05) is 19.2 Å². The predicted molar refractivity (Wildman–Crippen MR) is 113 cm³/mol. The first-order valence-electron chi connectivity index (χ1n) is 9.48. The van der Waals surface area contributed by atoms with Crippen LogP contribution in [0.1, 0.15) is 24.0 Å². The fourth-order valence-electron chi connectivity index (χ4n) is 3.25. The standard InChI is InChI=1S/C21H25N7/c1-13(10-18(22-3)15-4-5-15)27-19-8-9-23-21(28-19)24-11-16-6-7-17-20(14(16)2)26-12-25-17/h6-10,12,15,22H,1,4-5,11H2,2-3H3,(H,25,26)(H2,23,24,27,28)/b18-10-. The number of aromatic nitrogens is 4. The average molecular weight is 375 g/mol. The number of aromatic amines is 1. The van der Waals surface area contributed by atoms with Crippen molar-refractivity contribution >= 4 is 22.8 Å². The van der Waals surface area contributed by atoms with Crippen LogP contribution in [0, 0.1) is 12.8 Å². The van der Waals surface area contributed by atoms with Crippen molar-refractivity contribution in [1.29, 1.82) is 0 Å². The van der Waals surface area contributed by atoms with Crippen LogP contribution in [0.2, 0.25) is 0 Å². The maximum Gasteiger partial charge on any atom is 0.224 e. The van der Waals surface area contributed by atoms with Gasteiger partial charge in [0.25, 0.3) is 0 Å². The van der Waals surface area contributed by atoms with Gasteiger partial charge in [0.1, 0.15) is 5.82 Å². The number of nitrogens with zero attached hydrogens (tertiary/aromatic N) is 3. The van der Waals surface area contributed by atoms with Crippen LogP contribution in [0.4, 0.5) is 11.8 Å². The zero-order chi connectivity index (χ0) is 19.5. The molecule has 0 aliphatic heterocycles. The van der Waals surface area contributed by atoms with Gasteiger partial charge in [-0.2, -0.15) is 4.98 Å². The third kappa shape index (κ3) is 3.98. The Kier molecular flexibility index (Phi) is 4.97. The highest BCUT2D eigenvalue weighted by Gasteiger charge is 2.25. The zero-order valence-corrected chi connectivity index (χ0v) is 16.2. The monoisotopic (exact) mass is 375 g/mol. The van der Waals surface area contributed by atoms with Gasteiger partial charge in [0, 0.05) is 31.2 Å². The molecule has 3 aromatic rings. The summed E-state index contributed by atoms with van der Waals surface area (Å²) >= 11 is 0. The first-order chi connectivity index (χ1) is 13.6. The molecule has 1 aromatic carbocycles. The van der Waals surface area contributed by atoms with Gasteiger partial charge in [-0.05, 0) is 55.0 Å². The number of aryl methyl sites for hydroxylation is 1. The Morgan fingerprint density at radius 3 is 2.93 bits per heavy atom. The van der Waals surface area contributed by atoms with Crippen molar-refractivity contribution in [3.8, 4) is 0 Å². The number of H-pyrrole nitrogens is 1. The fourth-order valence-corrected chi connectivity index (χ4v) is 3.25. The molecule has 0 atom stereocenters. The summed E-state index contributed by atoms with van der Waals surface area (Å²) in [6, 6.07) is 5.97. The summed E-state index contributed by atoms with van der Waals surface area (Å²) in [5, 5.41) is 9.79. The molecular formula is C21H25N7. The smallest absolute Gasteiger partial charge is 0.224 e. The molecule has 1 saturated carbocycles. The molecule has 1 aliphatic rings. The molecule has 7 heteroatoms. The van der Waals surface area contributed by atoms with E-state index >= 15 is 0 Å². The zero-order valence-electron chi connectivity index (χ0n) is 16.2. The number of anilines is 2. The number of fused-ring (bicyclic) bond motifs is 1. The lowest BCUT2D eigenvalue weighted by molar-refractivity contribution is 0.845. The largest absolute Gasteiger partial charge is 0.391 e. The van der Waals surface area contributed by atoms with E-state index in [4.69, 9.17) is 0 Å². The molecule has 144 valence electrons. The SMILES string of the molecule is C=C(/C=C(\NC)C1CC1)Nc1ccnc(NCc2ccc3[nH]cnc3c2C)n1. The average Bonchev–Trinajstić information content (AvgIpc) is 3.42. The number of benzene rings is 1. The van der Waals surface area contributed by atoms with E-state index in [-0.39, 0.29) is 0 Å². The molecule has 2 aromatic heterocycles. The Morgan fingerprint density at radius 1 is 1.29 bits per heavy atom. The van der Waals surface area contributed by atoms with Crippen molar-refractivity contribution in [2.45, 2.75) is 26.3 Å². The third-order valence-electron chi connectivity index (χ3n) is 4.97. The summed E-state index contributed by atoms with van der Waals surface area (Å²) in [7, 11) is 1.95. The van der Waals surface area contributed by atoms with Crippen molar-refractivity contribution in [2.24, 2.45) is 5.92 Å². The number of imidazole rings is 1. The van der Waals surface area contributed by atoms with E-state index in [1.54, 1.807) is 12.5 Å². The summed E-state index contributed by atoms with van der Waals surface area (Å²) in [4.78, 5) is 16.4. The maximum absolute atomic E-state index is 4.54. The first kappa shape index (κ1) is 18.0. The number of hydrogen-bond acceptors (Lipinski definition) is 6. The molecule has 1 fully saturated rings. The lowest BCUT2D eigenvalue weighted by Crippen LogP contribution is -2.10. The quantitative estimate of drug-likeness (QED) is 0.449. The van der Waals surface area contributed by atoms with Crippen LogP contribution in [-0.2, 0) is 6.54 Å². The van der Waals surface area contributed by atoms with E-state index < -0.39 is 0 Å². The number of nitrogens with one attached hydrogen (secondary N) is 4. The molecule has 0 spiro atoms. The van der Waals surface area contributed by atoms with Crippen LogP contribution in [0.3, 0.4) is 0 Å². The van der Waals surface area contributed by atoms with Gasteiger partial charge in [0.05, 0.1) is 17.4 Å². The van der Waals surface area contributed by atoms with Crippen molar-refractivity contribution in [2.75, 3.05) is 17.7 Å². The molecule has 1 aliphatic carbocycles. The lowest BCUT2D eigenvalue weighted by Gasteiger charge is -2.11. The van der Waals surface area contributed by atoms with Gasteiger partial charge in [0.2, 0.25) is 5.95 Å². The van der Waals surface area contributed by atoms with Crippen molar-refractivity contribution in [3.63, 3.8) is 0 Å². The van der Waals surface area contributed by atoms with Gasteiger partial charge in [-0.25, -0.2) is 9.97 Å². The first-order valence-corrected chi connectivity index (χ1v) is 9.48. The maximum atomic E-state index is 4.54. The van der Waals surface area contributed by atoms with E-state index in [0.717, 1.165) is 27.9 Å². The molecule has 0 amide bonds. The molecule has 0 bridgehead atoms. The van der Waals surface area contributed by atoms with Gasteiger partial charge in [-0.3, -0.25) is 0 Å². The van der Waals surface area contributed by atoms with Crippen molar-refractivity contribution < 1.29 is 0 Å². The predicted octanol–water partition coefficient (Wildman–Crippen LogP) is 3.71. The highest BCUT2D eigenvalue weighted by Crippen LogP contribution is 2.35. The fraction of sp³-hybridized carbons (Fsp3) is 0.286. The van der Waals surface area contributed by atoms with E-state index in [1.165, 1.54) is 18.5 Å². The van der Waals surface area contributed by atoms with Crippen LogP contribution < -0.4 is 16.0 Å². The van der Waals surface area contributed by atoms with Gasteiger partial charge in [-0.15, -0.1) is 0 Å². The van der Waals surface area contributed by atoms with Crippen LogP contribution >= 0.6 is 0 Å². The summed E-state index contributed by atoms with van der Waals surface area (Å²) in [6.07, 6.45) is 7.99. The summed E-state index contributed by atoms with van der Waals surface area (Å²) < 4.78 is 0. The Morgan fingerprint density at radius 2 is 2.14 bits per heavy atom. The molecule has 0 radical (unpaired) electrons. The minimum absolute atomic E-state index is 0.569. The van der Waals surface area contributed by atoms with Gasteiger partial charge >= 0.3 is 0 Å². The number of hydrogen-bond donors (Lipinski definition) is 4. The number of rotatable bonds is 8. The van der Waals surface area contributed by atoms with Gasteiger partial charge in [-0.1, -0.05) is 12.6 Å². The second-order valence-corrected chi connectivity index (χ2v) is 7.04.